The van der Waals surface area contributed by atoms with Gasteiger partial charge in [-0.2, -0.15) is 0 Å². The normalized spacial score (nSPS) is 13.9. The lowest BCUT2D eigenvalue weighted by atomic mass is 10.0. The number of nitrogens with one attached hydrogen (secondary N) is 1. The molecule has 0 saturated heterocycles. The van der Waals surface area contributed by atoms with Crippen LogP contribution in [-0.2, 0) is 0 Å². The van der Waals surface area contributed by atoms with Crippen molar-refractivity contribution in [2.24, 2.45) is 0 Å². The molecule has 3 aromatic carbocycles. The maximum Gasteiger partial charge on any atom is 0.266 e. The summed E-state index contributed by atoms with van der Waals surface area (Å²) in [6.07, 6.45) is 0. The second-order valence-corrected chi connectivity index (χ2v) is 7.24. The number of hydrogen-bond acceptors (Lipinski definition) is 3. The maximum absolute atomic E-state index is 13.1. The maximum atomic E-state index is 13.1. The van der Waals surface area contributed by atoms with E-state index in [9.17, 15) is 18.8 Å². The van der Waals surface area contributed by atoms with E-state index in [2.05, 4.69) is 5.32 Å². The molecule has 150 valence electrons. The topological polar surface area (TPSA) is 66.5 Å². The third-order valence-corrected chi connectivity index (χ3v) is 5.22. The summed E-state index contributed by atoms with van der Waals surface area (Å²) in [7, 11) is 0. The summed E-state index contributed by atoms with van der Waals surface area (Å²) in [5.74, 6) is -1.59. The van der Waals surface area contributed by atoms with Crippen LogP contribution in [0, 0.1) is 12.7 Å². The van der Waals surface area contributed by atoms with Crippen molar-refractivity contribution in [2.75, 3.05) is 4.90 Å². The van der Waals surface area contributed by atoms with Crippen molar-refractivity contribution in [3.63, 3.8) is 0 Å². The molecule has 1 atom stereocenters. The molecule has 6 heteroatoms. The molecule has 0 bridgehead atoms. The van der Waals surface area contributed by atoms with Crippen molar-refractivity contribution in [1.29, 1.82) is 0 Å². The summed E-state index contributed by atoms with van der Waals surface area (Å²) in [5.41, 5.74) is 2.83. The van der Waals surface area contributed by atoms with Crippen molar-refractivity contribution in [1.82, 2.24) is 5.32 Å². The van der Waals surface area contributed by atoms with Crippen molar-refractivity contribution in [2.45, 2.75) is 19.9 Å². The van der Waals surface area contributed by atoms with Gasteiger partial charge in [0, 0.05) is 5.56 Å². The molecular formula is C24H19FN2O3. The van der Waals surface area contributed by atoms with Crippen LogP contribution in [0.3, 0.4) is 0 Å². The Balaban J connectivity index is 1.59. The zero-order valence-electron chi connectivity index (χ0n) is 16.5. The number of benzene rings is 3. The number of imide groups is 1. The van der Waals surface area contributed by atoms with E-state index in [1.54, 1.807) is 31.2 Å². The van der Waals surface area contributed by atoms with Gasteiger partial charge in [0.05, 0.1) is 22.9 Å². The quantitative estimate of drug-likeness (QED) is 0.657. The zero-order valence-corrected chi connectivity index (χ0v) is 16.5. The smallest absolute Gasteiger partial charge is 0.266 e. The molecule has 0 fully saturated rings. The van der Waals surface area contributed by atoms with Crippen LogP contribution in [0.2, 0.25) is 0 Å². The van der Waals surface area contributed by atoms with Crippen LogP contribution in [0.5, 0.6) is 0 Å². The molecule has 5 nitrogen and oxygen atoms in total. The second-order valence-electron chi connectivity index (χ2n) is 7.24. The van der Waals surface area contributed by atoms with Crippen molar-refractivity contribution < 1.29 is 18.8 Å². The van der Waals surface area contributed by atoms with E-state index < -0.39 is 11.8 Å². The molecule has 0 saturated carbocycles. The van der Waals surface area contributed by atoms with E-state index in [-0.39, 0.29) is 34.5 Å². The first-order valence-corrected chi connectivity index (χ1v) is 9.51. The minimum atomic E-state index is -0.453. The zero-order chi connectivity index (χ0) is 21.4. The standard InChI is InChI=1S/C24H19FN2O3/c1-14-5-3-4-6-21(14)27-23(29)19-12-9-17(13-20(19)24(27)30)22(28)26-15(2)16-7-10-18(25)11-8-16/h3-13,15H,1-2H3,(H,26,28)/t15-/m1/s1. The van der Waals surface area contributed by atoms with Crippen molar-refractivity contribution in [3.05, 3.63) is 100 Å². The molecule has 1 aliphatic heterocycles. The highest BCUT2D eigenvalue weighted by Gasteiger charge is 2.37. The van der Waals surface area contributed by atoms with Gasteiger partial charge in [0.15, 0.2) is 0 Å². The first-order valence-electron chi connectivity index (χ1n) is 9.51. The van der Waals surface area contributed by atoms with Crippen LogP contribution in [-0.4, -0.2) is 17.7 Å². The number of para-hydroxylation sites is 1. The molecule has 3 aromatic rings. The number of hydrogen-bond donors (Lipinski definition) is 1. The van der Waals surface area contributed by atoms with E-state index in [1.807, 2.05) is 19.1 Å². The number of amides is 3. The van der Waals surface area contributed by atoms with Crippen molar-refractivity contribution in [3.8, 4) is 0 Å². The van der Waals surface area contributed by atoms with E-state index in [0.717, 1.165) is 16.0 Å². The predicted molar refractivity (Wildman–Crippen MR) is 111 cm³/mol. The van der Waals surface area contributed by atoms with Gasteiger partial charge in [-0.3, -0.25) is 14.4 Å². The number of rotatable bonds is 4. The molecule has 4 rings (SSSR count). The number of carbonyl (C=O) groups excluding carboxylic acids is 3. The number of fused-ring (bicyclic) bond motifs is 1. The Hall–Kier alpha value is -3.80. The second kappa shape index (κ2) is 7.55. The Bertz CT molecular complexity index is 1170. The molecule has 0 aromatic heterocycles. The minimum absolute atomic E-state index is 0.199. The summed E-state index contributed by atoms with van der Waals surface area (Å²) in [5, 5.41) is 2.83. The molecule has 1 aliphatic rings. The number of nitrogens with zero attached hydrogens (tertiary/aromatic N) is 1. The van der Waals surface area contributed by atoms with Crippen LogP contribution in [0.4, 0.5) is 10.1 Å². The first kappa shape index (κ1) is 19.5. The Kier molecular flexibility index (Phi) is 4.91. The van der Waals surface area contributed by atoms with Gasteiger partial charge in [-0.25, -0.2) is 9.29 Å². The average molecular weight is 402 g/mol. The largest absolute Gasteiger partial charge is 0.346 e. The van der Waals surface area contributed by atoms with Gasteiger partial charge in [0.1, 0.15) is 5.82 Å². The molecule has 0 aliphatic carbocycles. The van der Waals surface area contributed by atoms with E-state index in [4.69, 9.17) is 0 Å². The first-order chi connectivity index (χ1) is 14.4. The lowest BCUT2D eigenvalue weighted by Gasteiger charge is -2.16. The van der Waals surface area contributed by atoms with Gasteiger partial charge in [-0.05, 0) is 61.4 Å². The number of halogens is 1. The third kappa shape index (κ3) is 3.37. The van der Waals surface area contributed by atoms with E-state index in [0.29, 0.717) is 5.69 Å². The highest BCUT2D eigenvalue weighted by Crippen LogP contribution is 2.31. The lowest BCUT2D eigenvalue weighted by Crippen LogP contribution is -2.30. The van der Waals surface area contributed by atoms with Crippen LogP contribution >= 0.6 is 0 Å². The lowest BCUT2D eigenvalue weighted by molar-refractivity contribution is 0.0921. The number of anilines is 1. The molecular weight excluding hydrogens is 383 g/mol. The summed E-state index contributed by atoms with van der Waals surface area (Å²) >= 11 is 0. The minimum Gasteiger partial charge on any atom is -0.346 e. The van der Waals surface area contributed by atoms with Gasteiger partial charge in [0.2, 0.25) is 0 Å². The molecule has 0 radical (unpaired) electrons. The monoisotopic (exact) mass is 402 g/mol. The fourth-order valence-electron chi connectivity index (χ4n) is 3.53. The van der Waals surface area contributed by atoms with Crippen molar-refractivity contribution >= 4 is 23.4 Å². The molecule has 1 heterocycles. The van der Waals surface area contributed by atoms with Gasteiger partial charge >= 0.3 is 0 Å². The Labute approximate surface area is 173 Å². The summed E-state index contributed by atoms with van der Waals surface area (Å²) in [6, 6.07) is 17.1. The summed E-state index contributed by atoms with van der Waals surface area (Å²) in [4.78, 5) is 39.6. The number of carbonyl (C=O) groups is 3. The van der Waals surface area contributed by atoms with Crippen LogP contribution < -0.4 is 10.2 Å². The fraction of sp³-hybridized carbons (Fsp3) is 0.125. The Morgan fingerprint density at radius 2 is 1.60 bits per heavy atom. The SMILES string of the molecule is Cc1ccccc1N1C(=O)c2ccc(C(=O)N[C@H](C)c3ccc(F)cc3)cc2C1=O. The molecule has 1 N–H and O–H groups in total. The highest BCUT2D eigenvalue weighted by molar-refractivity contribution is 6.35. The Morgan fingerprint density at radius 3 is 2.30 bits per heavy atom. The molecule has 30 heavy (non-hydrogen) atoms. The molecule has 0 unspecified atom stereocenters. The predicted octanol–water partition coefficient (Wildman–Crippen LogP) is 4.43. The third-order valence-electron chi connectivity index (χ3n) is 5.22. The van der Waals surface area contributed by atoms with Crippen LogP contribution in [0.25, 0.3) is 0 Å². The van der Waals surface area contributed by atoms with Gasteiger partial charge < -0.3 is 5.32 Å². The molecule has 3 amide bonds. The fourth-order valence-corrected chi connectivity index (χ4v) is 3.53. The Morgan fingerprint density at radius 1 is 0.933 bits per heavy atom. The number of aryl methyl sites for hydroxylation is 1. The van der Waals surface area contributed by atoms with Gasteiger partial charge in [-0.15, -0.1) is 0 Å². The van der Waals surface area contributed by atoms with E-state index >= 15 is 0 Å². The van der Waals surface area contributed by atoms with Crippen LogP contribution in [0.1, 0.15) is 55.2 Å². The van der Waals surface area contributed by atoms with Gasteiger partial charge in [0.25, 0.3) is 17.7 Å². The van der Waals surface area contributed by atoms with Crippen LogP contribution in [0.15, 0.2) is 66.7 Å². The average Bonchev–Trinajstić information content (AvgIpc) is 2.98. The highest BCUT2D eigenvalue weighted by atomic mass is 19.1. The molecule has 0 spiro atoms. The summed E-state index contributed by atoms with van der Waals surface area (Å²) in [6.45, 7) is 3.61. The van der Waals surface area contributed by atoms with E-state index in [1.165, 1.54) is 30.3 Å². The van der Waals surface area contributed by atoms with Gasteiger partial charge in [-0.1, -0.05) is 30.3 Å². The summed E-state index contributed by atoms with van der Waals surface area (Å²) < 4.78 is 13.1.